The summed E-state index contributed by atoms with van der Waals surface area (Å²) in [5, 5.41) is 9.62. The minimum Gasteiger partial charge on any atom is -0.477 e. The van der Waals surface area contributed by atoms with Gasteiger partial charge in [0.2, 0.25) is 5.43 Å². The second-order valence-electron chi connectivity index (χ2n) is 4.79. The van der Waals surface area contributed by atoms with Gasteiger partial charge in [0.05, 0.1) is 5.52 Å². The molecule has 1 N–H and O–H groups in total. The van der Waals surface area contributed by atoms with Crippen LogP contribution in [0.5, 0.6) is 0 Å². The highest BCUT2D eigenvalue weighted by molar-refractivity contribution is 5.93. The van der Waals surface area contributed by atoms with Crippen molar-refractivity contribution in [1.29, 1.82) is 0 Å². The molecular weight excluding hydrogens is 230 g/mol. The first-order chi connectivity index (χ1) is 8.59. The summed E-state index contributed by atoms with van der Waals surface area (Å²) >= 11 is 0. The van der Waals surface area contributed by atoms with Crippen molar-refractivity contribution in [1.82, 2.24) is 4.57 Å². The highest BCUT2D eigenvalue weighted by Gasteiger charge is 2.21. The molecule has 18 heavy (non-hydrogen) atoms. The van der Waals surface area contributed by atoms with Gasteiger partial charge in [0, 0.05) is 17.6 Å². The van der Waals surface area contributed by atoms with Gasteiger partial charge in [-0.2, -0.15) is 0 Å². The number of rotatable bonds is 1. The fourth-order valence-electron chi connectivity index (χ4n) is 2.69. The highest BCUT2D eigenvalue weighted by Crippen LogP contribution is 2.29. The largest absolute Gasteiger partial charge is 0.477 e. The molecule has 0 aliphatic carbocycles. The zero-order chi connectivity index (χ0) is 12.9. The van der Waals surface area contributed by atoms with Crippen molar-refractivity contribution in [2.24, 2.45) is 0 Å². The zero-order valence-corrected chi connectivity index (χ0v) is 10.0. The van der Waals surface area contributed by atoms with Crippen LogP contribution in [0.25, 0.3) is 10.9 Å². The van der Waals surface area contributed by atoms with E-state index in [0.717, 1.165) is 23.9 Å². The average molecular weight is 243 g/mol. The van der Waals surface area contributed by atoms with Crippen molar-refractivity contribution in [3.8, 4) is 0 Å². The number of hydrogen-bond donors (Lipinski definition) is 1. The second-order valence-corrected chi connectivity index (χ2v) is 4.79. The molecule has 3 rings (SSSR count). The first-order valence-electron chi connectivity index (χ1n) is 5.99. The molecule has 1 aliphatic heterocycles. The topological polar surface area (TPSA) is 59.3 Å². The van der Waals surface area contributed by atoms with Crippen LogP contribution in [0.1, 0.15) is 35.3 Å². The van der Waals surface area contributed by atoms with E-state index in [1.54, 1.807) is 6.07 Å². The van der Waals surface area contributed by atoms with E-state index in [9.17, 15) is 9.59 Å². The molecule has 0 radical (unpaired) electrons. The molecule has 1 aliphatic rings. The van der Waals surface area contributed by atoms with Gasteiger partial charge in [-0.15, -0.1) is 0 Å². The lowest BCUT2D eigenvalue weighted by molar-refractivity contribution is 0.0694. The molecule has 1 aromatic heterocycles. The maximum Gasteiger partial charge on any atom is 0.341 e. The molecule has 1 unspecified atom stereocenters. The molecule has 2 aromatic rings. The molecular formula is C14H13NO3. The van der Waals surface area contributed by atoms with E-state index >= 15 is 0 Å². The zero-order valence-electron chi connectivity index (χ0n) is 10.0. The number of aromatic nitrogens is 1. The van der Waals surface area contributed by atoms with Gasteiger partial charge in [-0.3, -0.25) is 4.79 Å². The highest BCUT2D eigenvalue weighted by atomic mass is 16.4. The third-order valence-corrected chi connectivity index (χ3v) is 3.67. The Morgan fingerprint density at radius 3 is 2.94 bits per heavy atom. The molecule has 0 saturated carbocycles. The maximum absolute atomic E-state index is 12.1. The summed E-state index contributed by atoms with van der Waals surface area (Å²) < 4.78 is 1.93. The van der Waals surface area contributed by atoms with Gasteiger partial charge < -0.3 is 9.67 Å². The van der Waals surface area contributed by atoms with Gasteiger partial charge in [-0.25, -0.2) is 4.79 Å². The number of carboxylic acids is 1. The lowest BCUT2D eigenvalue weighted by Gasteiger charge is -2.26. The van der Waals surface area contributed by atoms with E-state index in [1.165, 1.54) is 6.20 Å². The Hall–Kier alpha value is -2.10. The molecule has 4 heteroatoms. The minimum atomic E-state index is -1.16. The molecule has 4 nitrogen and oxygen atoms in total. The van der Waals surface area contributed by atoms with Crippen molar-refractivity contribution in [2.45, 2.75) is 25.8 Å². The Balaban J connectivity index is 2.52. The van der Waals surface area contributed by atoms with Gasteiger partial charge in [-0.05, 0) is 31.4 Å². The van der Waals surface area contributed by atoms with Crippen LogP contribution in [-0.4, -0.2) is 15.6 Å². The summed E-state index contributed by atoms with van der Waals surface area (Å²) in [7, 11) is 0. The fraction of sp³-hybridized carbons (Fsp3) is 0.286. The number of benzene rings is 1. The number of carboxylic acid groups (broad SMARTS) is 1. The molecule has 0 spiro atoms. The Bertz CT molecular complexity index is 715. The Morgan fingerprint density at radius 2 is 2.22 bits per heavy atom. The maximum atomic E-state index is 12.1. The molecule has 1 atom stereocenters. The standard InChI is InChI=1S/C14H13NO3/c1-8-5-6-9-3-2-4-10-12(9)15(8)7-11(13(10)16)14(17)18/h2-4,7-8H,5-6H2,1H3,(H,17,18). The van der Waals surface area contributed by atoms with Crippen molar-refractivity contribution in [3.05, 3.63) is 45.7 Å². The van der Waals surface area contributed by atoms with E-state index in [0.29, 0.717) is 5.39 Å². The number of carbonyl (C=O) groups is 1. The van der Waals surface area contributed by atoms with Crippen LogP contribution in [0.15, 0.2) is 29.2 Å². The minimum absolute atomic E-state index is 0.145. The Labute approximate surface area is 103 Å². The van der Waals surface area contributed by atoms with E-state index in [2.05, 4.69) is 0 Å². The second kappa shape index (κ2) is 3.70. The number of nitrogens with zero attached hydrogens (tertiary/aromatic N) is 1. The number of para-hydroxylation sites is 1. The van der Waals surface area contributed by atoms with Crippen LogP contribution in [-0.2, 0) is 6.42 Å². The predicted octanol–water partition coefficient (Wildman–Crippen LogP) is 2.21. The number of pyridine rings is 1. The third kappa shape index (κ3) is 1.38. The van der Waals surface area contributed by atoms with Crippen LogP contribution in [0.2, 0.25) is 0 Å². The van der Waals surface area contributed by atoms with Gasteiger partial charge in [0.15, 0.2) is 0 Å². The van der Waals surface area contributed by atoms with Crippen molar-refractivity contribution < 1.29 is 9.90 Å². The van der Waals surface area contributed by atoms with E-state index in [4.69, 9.17) is 5.11 Å². The summed E-state index contributed by atoms with van der Waals surface area (Å²) in [5.41, 5.74) is 1.49. The summed E-state index contributed by atoms with van der Waals surface area (Å²) in [4.78, 5) is 23.3. The number of aromatic carboxylic acids is 1. The number of aryl methyl sites for hydroxylation is 1. The van der Waals surface area contributed by atoms with E-state index in [1.807, 2.05) is 23.6 Å². The van der Waals surface area contributed by atoms with Crippen LogP contribution >= 0.6 is 0 Å². The number of hydrogen-bond acceptors (Lipinski definition) is 2. The SMILES string of the molecule is CC1CCc2cccc3c(=O)c(C(=O)O)cn1c23. The summed E-state index contributed by atoms with van der Waals surface area (Å²) in [6.07, 6.45) is 3.39. The van der Waals surface area contributed by atoms with Crippen LogP contribution in [0.4, 0.5) is 0 Å². The predicted molar refractivity (Wildman–Crippen MR) is 68.2 cm³/mol. The normalized spacial score (nSPS) is 17.9. The Morgan fingerprint density at radius 1 is 1.44 bits per heavy atom. The molecule has 1 aromatic carbocycles. The van der Waals surface area contributed by atoms with Crippen molar-refractivity contribution >= 4 is 16.9 Å². The lowest BCUT2D eigenvalue weighted by Crippen LogP contribution is -2.23. The fourth-order valence-corrected chi connectivity index (χ4v) is 2.69. The molecule has 0 saturated heterocycles. The lowest BCUT2D eigenvalue weighted by atomic mass is 9.96. The summed E-state index contributed by atoms with van der Waals surface area (Å²) in [6, 6.07) is 5.76. The monoisotopic (exact) mass is 243 g/mol. The van der Waals surface area contributed by atoms with Crippen molar-refractivity contribution in [2.75, 3.05) is 0 Å². The molecule has 0 fully saturated rings. The van der Waals surface area contributed by atoms with E-state index < -0.39 is 5.97 Å². The van der Waals surface area contributed by atoms with Gasteiger partial charge in [0.1, 0.15) is 5.56 Å². The van der Waals surface area contributed by atoms with Crippen molar-refractivity contribution in [3.63, 3.8) is 0 Å². The van der Waals surface area contributed by atoms with Gasteiger partial charge >= 0.3 is 5.97 Å². The van der Waals surface area contributed by atoms with E-state index in [-0.39, 0.29) is 17.0 Å². The average Bonchev–Trinajstić information content (AvgIpc) is 2.35. The first kappa shape index (κ1) is 11.0. The quantitative estimate of drug-likeness (QED) is 0.835. The molecule has 0 bridgehead atoms. The Kier molecular flexibility index (Phi) is 2.26. The summed E-state index contributed by atoms with van der Waals surface area (Å²) in [6.45, 7) is 2.05. The third-order valence-electron chi connectivity index (χ3n) is 3.67. The molecule has 0 amide bonds. The van der Waals surface area contributed by atoms with Gasteiger partial charge in [0.25, 0.3) is 0 Å². The first-order valence-corrected chi connectivity index (χ1v) is 5.99. The van der Waals surface area contributed by atoms with Crippen LogP contribution in [0.3, 0.4) is 0 Å². The smallest absolute Gasteiger partial charge is 0.341 e. The van der Waals surface area contributed by atoms with Gasteiger partial charge in [-0.1, -0.05) is 12.1 Å². The van der Waals surface area contributed by atoms with Crippen LogP contribution in [0, 0.1) is 0 Å². The molecule has 2 heterocycles. The molecule has 92 valence electrons. The van der Waals surface area contributed by atoms with Crippen LogP contribution < -0.4 is 5.43 Å². The summed E-state index contributed by atoms with van der Waals surface area (Å²) in [5.74, 6) is -1.16.